The zero-order valence-corrected chi connectivity index (χ0v) is 14.5. The third kappa shape index (κ3) is 4.36. The maximum atomic E-state index is 12.7. The molecule has 1 aliphatic rings. The molecular weight excluding hydrogens is 357 g/mol. The summed E-state index contributed by atoms with van der Waals surface area (Å²) in [7, 11) is 0. The van der Waals surface area contributed by atoms with Crippen molar-refractivity contribution in [3.05, 3.63) is 65.2 Å². The van der Waals surface area contributed by atoms with E-state index in [-0.39, 0.29) is 11.5 Å². The molecule has 0 aliphatic carbocycles. The van der Waals surface area contributed by atoms with E-state index in [1.54, 1.807) is 23.1 Å². The van der Waals surface area contributed by atoms with E-state index in [4.69, 9.17) is 0 Å². The van der Waals surface area contributed by atoms with Crippen LogP contribution in [0, 0.1) is 0 Å². The Hall–Kier alpha value is -3.09. The number of alkyl halides is 3. The summed E-state index contributed by atoms with van der Waals surface area (Å²) in [6, 6.07) is 10.0. The summed E-state index contributed by atoms with van der Waals surface area (Å²) >= 11 is 0. The zero-order valence-electron chi connectivity index (χ0n) is 14.5. The Balaban J connectivity index is 1.68. The van der Waals surface area contributed by atoms with E-state index in [0.29, 0.717) is 18.7 Å². The summed E-state index contributed by atoms with van der Waals surface area (Å²) in [6.45, 7) is 2.11. The lowest BCUT2D eigenvalue weighted by atomic mass is 10.1. The molecule has 1 aliphatic heterocycles. The van der Waals surface area contributed by atoms with E-state index in [0.717, 1.165) is 23.4 Å². The van der Waals surface area contributed by atoms with Crippen molar-refractivity contribution in [2.75, 3.05) is 16.8 Å². The average molecular weight is 374 g/mol. The first-order valence-electron chi connectivity index (χ1n) is 8.31. The summed E-state index contributed by atoms with van der Waals surface area (Å²) in [4.78, 5) is 25.3. The lowest BCUT2D eigenvalue weighted by Crippen LogP contribution is -2.25. The van der Waals surface area contributed by atoms with Gasteiger partial charge in [-0.3, -0.25) is 9.59 Å². The van der Waals surface area contributed by atoms with Gasteiger partial charge >= 0.3 is 6.18 Å². The smallest absolute Gasteiger partial charge is 0.323 e. The standard InChI is InChI=1S/C20H17F3N2O2/c1-13(26)25-10-9-15-12-17(6-7-18(15)25)24-19(27)8-5-14-3-2-4-16(11-14)20(21,22)23/h2-8,11-12H,9-10H2,1H3,(H,24,27)/b8-5+. The van der Waals surface area contributed by atoms with Gasteiger partial charge < -0.3 is 10.2 Å². The first kappa shape index (κ1) is 18.7. The van der Waals surface area contributed by atoms with Crippen LogP contribution in [0.2, 0.25) is 0 Å². The number of amides is 2. The Labute approximate surface area is 154 Å². The van der Waals surface area contributed by atoms with Crippen molar-refractivity contribution in [2.45, 2.75) is 19.5 Å². The van der Waals surface area contributed by atoms with Gasteiger partial charge in [-0.25, -0.2) is 0 Å². The highest BCUT2D eigenvalue weighted by molar-refractivity contribution is 6.02. The highest BCUT2D eigenvalue weighted by atomic mass is 19.4. The Morgan fingerprint density at radius 2 is 1.93 bits per heavy atom. The van der Waals surface area contributed by atoms with Crippen LogP contribution >= 0.6 is 0 Å². The fourth-order valence-corrected chi connectivity index (χ4v) is 2.98. The monoisotopic (exact) mass is 374 g/mol. The fourth-order valence-electron chi connectivity index (χ4n) is 2.98. The number of halogens is 3. The molecule has 0 atom stereocenters. The SMILES string of the molecule is CC(=O)N1CCc2cc(NC(=O)/C=C/c3cccc(C(F)(F)F)c3)ccc21. The van der Waals surface area contributed by atoms with Gasteiger partial charge in [0.15, 0.2) is 0 Å². The molecule has 2 amide bonds. The van der Waals surface area contributed by atoms with Gasteiger partial charge in [0.05, 0.1) is 5.56 Å². The predicted molar refractivity (Wildman–Crippen MR) is 97.3 cm³/mol. The number of anilines is 2. The van der Waals surface area contributed by atoms with Crippen LogP contribution in [0.1, 0.15) is 23.6 Å². The maximum Gasteiger partial charge on any atom is 0.416 e. The van der Waals surface area contributed by atoms with E-state index < -0.39 is 17.6 Å². The number of nitrogens with one attached hydrogen (secondary N) is 1. The van der Waals surface area contributed by atoms with Crippen LogP contribution in [0.3, 0.4) is 0 Å². The first-order chi connectivity index (χ1) is 12.7. The lowest BCUT2D eigenvalue weighted by Gasteiger charge is -2.14. The molecule has 4 nitrogen and oxygen atoms in total. The summed E-state index contributed by atoms with van der Waals surface area (Å²) in [6.07, 6.45) is -1.21. The fraction of sp³-hybridized carbons (Fsp3) is 0.200. The normalized spacial score (nSPS) is 13.7. The number of nitrogens with zero attached hydrogens (tertiary/aromatic N) is 1. The molecule has 27 heavy (non-hydrogen) atoms. The molecule has 0 saturated heterocycles. The van der Waals surface area contributed by atoms with Crippen LogP contribution in [-0.2, 0) is 22.2 Å². The van der Waals surface area contributed by atoms with Crippen molar-refractivity contribution in [2.24, 2.45) is 0 Å². The Morgan fingerprint density at radius 3 is 2.63 bits per heavy atom. The van der Waals surface area contributed by atoms with Crippen LogP contribution in [0.4, 0.5) is 24.5 Å². The van der Waals surface area contributed by atoms with Gasteiger partial charge in [-0.2, -0.15) is 13.2 Å². The first-order valence-corrected chi connectivity index (χ1v) is 8.31. The van der Waals surface area contributed by atoms with Gasteiger partial charge in [-0.1, -0.05) is 12.1 Å². The van der Waals surface area contributed by atoms with Gasteiger partial charge in [0, 0.05) is 30.9 Å². The summed E-state index contributed by atoms with van der Waals surface area (Å²) in [5.41, 5.74) is 1.88. The van der Waals surface area contributed by atoms with Gasteiger partial charge in [0.25, 0.3) is 0 Å². The van der Waals surface area contributed by atoms with Crippen molar-refractivity contribution >= 4 is 29.3 Å². The Kier molecular flexibility index (Phi) is 5.03. The van der Waals surface area contributed by atoms with E-state index in [1.807, 2.05) is 0 Å². The van der Waals surface area contributed by atoms with Crippen LogP contribution in [0.15, 0.2) is 48.5 Å². The second-order valence-corrected chi connectivity index (χ2v) is 6.21. The zero-order chi connectivity index (χ0) is 19.6. The highest BCUT2D eigenvalue weighted by Crippen LogP contribution is 2.31. The molecule has 0 bridgehead atoms. The molecule has 140 valence electrons. The minimum absolute atomic E-state index is 0.0328. The number of rotatable bonds is 3. The van der Waals surface area contributed by atoms with E-state index >= 15 is 0 Å². The molecule has 7 heteroatoms. The number of benzene rings is 2. The highest BCUT2D eigenvalue weighted by Gasteiger charge is 2.30. The molecule has 0 unspecified atom stereocenters. The Bertz CT molecular complexity index is 920. The summed E-state index contributed by atoms with van der Waals surface area (Å²) in [5, 5.41) is 2.68. The molecular formula is C20H17F3N2O2. The van der Waals surface area contributed by atoms with Crippen molar-refractivity contribution in [1.82, 2.24) is 0 Å². The minimum Gasteiger partial charge on any atom is -0.323 e. The molecule has 1 heterocycles. The quantitative estimate of drug-likeness (QED) is 0.816. The average Bonchev–Trinajstić information content (AvgIpc) is 3.03. The third-order valence-corrected chi connectivity index (χ3v) is 4.26. The number of carbonyl (C=O) groups excluding carboxylic acids is 2. The molecule has 0 radical (unpaired) electrons. The van der Waals surface area contributed by atoms with E-state index in [9.17, 15) is 22.8 Å². The number of hydrogen-bond donors (Lipinski definition) is 1. The second-order valence-electron chi connectivity index (χ2n) is 6.21. The van der Waals surface area contributed by atoms with Crippen molar-refractivity contribution in [1.29, 1.82) is 0 Å². The van der Waals surface area contributed by atoms with Crippen LogP contribution in [0.25, 0.3) is 6.08 Å². The molecule has 1 N–H and O–H groups in total. The van der Waals surface area contributed by atoms with E-state index in [2.05, 4.69) is 5.32 Å². The molecule has 0 saturated carbocycles. The molecule has 0 fully saturated rings. The number of hydrogen-bond acceptors (Lipinski definition) is 2. The number of fused-ring (bicyclic) bond motifs is 1. The van der Waals surface area contributed by atoms with Crippen LogP contribution in [-0.4, -0.2) is 18.4 Å². The number of carbonyl (C=O) groups is 2. The van der Waals surface area contributed by atoms with Gasteiger partial charge in [0.2, 0.25) is 11.8 Å². The van der Waals surface area contributed by atoms with Gasteiger partial charge in [-0.15, -0.1) is 0 Å². The van der Waals surface area contributed by atoms with Crippen molar-refractivity contribution < 1.29 is 22.8 Å². The molecule has 0 aromatic heterocycles. The van der Waals surface area contributed by atoms with Crippen molar-refractivity contribution in [3.8, 4) is 0 Å². The largest absolute Gasteiger partial charge is 0.416 e. The molecule has 2 aromatic rings. The molecule has 2 aromatic carbocycles. The van der Waals surface area contributed by atoms with Crippen molar-refractivity contribution in [3.63, 3.8) is 0 Å². The van der Waals surface area contributed by atoms with Gasteiger partial charge in [0.1, 0.15) is 0 Å². The summed E-state index contributed by atoms with van der Waals surface area (Å²) < 4.78 is 38.1. The van der Waals surface area contributed by atoms with Gasteiger partial charge in [-0.05, 0) is 54.0 Å². The van der Waals surface area contributed by atoms with E-state index in [1.165, 1.54) is 31.2 Å². The Morgan fingerprint density at radius 1 is 1.15 bits per heavy atom. The maximum absolute atomic E-state index is 12.7. The summed E-state index contributed by atoms with van der Waals surface area (Å²) in [5.74, 6) is -0.483. The topological polar surface area (TPSA) is 49.4 Å². The second kappa shape index (κ2) is 7.26. The third-order valence-electron chi connectivity index (χ3n) is 4.26. The molecule has 3 rings (SSSR count). The van der Waals surface area contributed by atoms with Crippen LogP contribution < -0.4 is 10.2 Å². The van der Waals surface area contributed by atoms with Crippen LogP contribution in [0.5, 0.6) is 0 Å². The predicted octanol–water partition coefficient (Wildman–Crippen LogP) is 4.27. The molecule has 0 spiro atoms. The lowest BCUT2D eigenvalue weighted by molar-refractivity contribution is -0.137. The minimum atomic E-state index is -4.43.